The number of aromatic amines is 1. The van der Waals surface area contributed by atoms with Crippen molar-refractivity contribution in [3.63, 3.8) is 0 Å². The van der Waals surface area contributed by atoms with Gasteiger partial charge in [0, 0.05) is 0 Å². The van der Waals surface area contributed by atoms with E-state index in [9.17, 15) is 13.2 Å². The summed E-state index contributed by atoms with van der Waals surface area (Å²) >= 11 is -0.452. The number of benzene rings is 2. The van der Waals surface area contributed by atoms with Crippen LogP contribution in [0.5, 0.6) is 5.75 Å². The van der Waals surface area contributed by atoms with Crippen molar-refractivity contribution in [2.45, 2.75) is 6.36 Å². The van der Waals surface area contributed by atoms with Gasteiger partial charge in [0.2, 0.25) is 0 Å². The normalized spacial score (nSPS) is 12.3. The molecule has 1 N–H and O–H groups in total. The fraction of sp³-hybridized carbons (Fsp3) is 0.0588. The Hall–Kier alpha value is -2.73. The second-order valence-corrected chi connectivity index (χ2v) is 7.69. The number of H-pyrrole nitrogens is 1. The van der Waals surface area contributed by atoms with E-state index in [4.69, 9.17) is 4.42 Å². The second-order valence-electron chi connectivity index (χ2n) is 5.33. The molecule has 0 spiro atoms. The van der Waals surface area contributed by atoms with Gasteiger partial charge in [0.15, 0.2) is 0 Å². The molecular weight excluding hydrogens is 410 g/mol. The predicted octanol–water partition coefficient (Wildman–Crippen LogP) is 2.77. The van der Waals surface area contributed by atoms with Gasteiger partial charge in [-0.2, -0.15) is 0 Å². The molecule has 0 saturated carbocycles. The number of nitrogens with zero attached hydrogens (tertiary/aromatic N) is 2. The number of rotatable bonds is 4. The summed E-state index contributed by atoms with van der Waals surface area (Å²) in [5.41, 5.74) is 1.59. The topological polar surface area (TPSA) is 63.9 Å². The van der Waals surface area contributed by atoms with Crippen LogP contribution in [0.3, 0.4) is 0 Å². The van der Waals surface area contributed by atoms with Gasteiger partial charge in [0.05, 0.1) is 0 Å². The summed E-state index contributed by atoms with van der Waals surface area (Å²) in [6.07, 6.45) is -1.38. The maximum atomic E-state index is 12.2. The molecule has 131 valence electrons. The maximum absolute atomic E-state index is 12.2. The number of oxazole rings is 1. The van der Waals surface area contributed by atoms with Gasteiger partial charge in [-0.15, -0.1) is 0 Å². The summed E-state index contributed by atoms with van der Waals surface area (Å²) in [6, 6.07) is 11.5. The Kier molecular flexibility index (Phi) is 4.20. The van der Waals surface area contributed by atoms with Gasteiger partial charge in [-0.25, -0.2) is 0 Å². The Morgan fingerprint density at radius 1 is 1.04 bits per heavy atom. The molecule has 2 aromatic carbocycles. The molecule has 0 aliphatic heterocycles. The number of alkyl halides is 3. The molecule has 0 unspecified atom stereocenters. The summed E-state index contributed by atoms with van der Waals surface area (Å²) in [5.74, 6) is 0.221. The first kappa shape index (κ1) is 16.7. The molecule has 26 heavy (non-hydrogen) atoms. The monoisotopic (exact) mass is 420 g/mol. The molecule has 4 rings (SSSR count). The van der Waals surface area contributed by atoms with Crippen LogP contribution in [-0.2, 0) is 0 Å². The average Bonchev–Trinajstić information content (AvgIpc) is 3.23. The molecule has 0 bridgehead atoms. The minimum absolute atomic E-state index is 0.277. The van der Waals surface area contributed by atoms with Crippen molar-refractivity contribution in [3.05, 3.63) is 54.9 Å². The molecule has 0 amide bonds. The Morgan fingerprint density at radius 3 is 2.62 bits per heavy atom. The van der Waals surface area contributed by atoms with Crippen molar-refractivity contribution in [2.75, 3.05) is 0 Å². The third-order valence-electron chi connectivity index (χ3n) is 3.51. The van der Waals surface area contributed by atoms with Crippen molar-refractivity contribution in [1.82, 2.24) is 15.2 Å². The van der Waals surface area contributed by atoms with Crippen LogP contribution in [-0.4, -0.2) is 37.3 Å². The van der Waals surface area contributed by atoms with E-state index in [1.165, 1.54) is 24.3 Å². The number of halogens is 3. The van der Waals surface area contributed by atoms with E-state index in [2.05, 4.69) is 19.9 Å². The Labute approximate surface area is 151 Å². The number of fused-ring (bicyclic) bond motifs is 1. The number of nitrogens with one attached hydrogen (secondary N) is 1. The molecule has 0 saturated heterocycles. The zero-order valence-corrected chi connectivity index (χ0v) is 14.9. The summed E-state index contributed by atoms with van der Waals surface area (Å²) in [4.78, 5) is 4.28. The van der Waals surface area contributed by atoms with Crippen molar-refractivity contribution >= 4 is 35.7 Å². The first-order valence-corrected chi connectivity index (χ1v) is 9.31. The van der Waals surface area contributed by atoms with E-state index in [1.807, 2.05) is 18.2 Å². The number of ether oxygens (including phenoxy) is 1. The molecule has 4 aromatic rings. The van der Waals surface area contributed by atoms with E-state index >= 15 is 0 Å². The standard InChI is InChI=1S/C17H10AsF3N3O2/c19-17(20,21)26-13-4-1-10(2-5-13)15-9-22-16(25-15)18-12-3-6-14-11(7-12)8-23-24-14/h1-9H,(H,23,24). The van der Waals surface area contributed by atoms with Gasteiger partial charge >= 0.3 is 151 Å². The number of hydrogen-bond acceptors (Lipinski definition) is 4. The van der Waals surface area contributed by atoms with Crippen LogP contribution in [0.15, 0.2) is 59.3 Å². The Morgan fingerprint density at radius 2 is 1.85 bits per heavy atom. The minimum atomic E-state index is -4.71. The van der Waals surface area contributed by atoms with Crippen LogP contribution in [0.4, 0.5) is 13.2 Å². The number of aromatic nitrogens is 3. The Bertz CT molecular complexity index is 1040. The van der Waals surface area contributed by atoms with Crippen LogP contribution in [0.25, 0.3) is 22.2 Å². The van der Waals surface area contributed by atoms with Crippen LogP contribution in [0, 0.1) is 0 Å². The van der Waals surface area contributed by atoms with E-state index in [1.54, 1.807) is 12.4 Å². The van der Waals surface area contributed by atoms with Crippen LogP contribution in [0.2, 0.25) is 0 Å². The summed E-state index contributed by atoms with van der Waals surface area (Å²) in [6.45, 7) is 0. The van der Waals surface area contributed by atoms with Gasteiger partial charge in [-0.1, -0.05) is 0 Å². The van der Waals surface area contributed by atoms with Gasteiger partial charge in [-0.3, -0.25) is 0 Å². The quantitative estimate of drug-likeness (QED) is 0.516. The molecule has 9 heteroatoms. The zero-order chi connectivity index (χ0) is 18.1. The van der Waals surface area contributed by atoms with Gasteiger partial charge in [0.25, 0.3) is 0 Å². The molecule has 0 aliphatic carbocycles. The number of hydrogen-bond donors (Lipinski definition) is 1. The van der Waals surface area contributed by atoms with E-state index in [0.717, 1.165) is 15.3 Å². The van der Waals surface area contributed by atoms with E-state index < -0.39 is 22.1 Å². The van der Waals surface area contributed by atoms with Gasteiger partial charge < -0.3 is 0 Å². The third kappa shape index (κ3) is 3.75. The van der Waals surface area contributed by atoms with Crippen molar-refractivity contribution in [1.29, 1.82) is 0 Å². The van der Waals surface area contributed by atoms with Crippen molar-refractivity contribution in [3.8, 4) is 17.1 Å². The van der Waals surface area contributed by atoms with E-state index in [0.29, 0.717) is 16.0 Å². The zero-order valence-electron chi connectivity index (χ0n) is 13.0. The molecule has 2 heterocycles. The average molecular weight is 420 g/mol. The van der Waals surface area contributed by atoms with Crippen LogP contribution >= 0.6 is 0 Å². The fourth-order valence-electron chi connectivity index (χ4n) is 2.38. The van der Waals surface area contributed by atoms with E-state index in [-0.39, 0.29) is 5.75 Å². The molecule has 0 aliphatic rings. The Balaban J connectivity index is 1.50. The SMILES string of the molecule is FC(F)(F)Oc1ccc(-c2cnc([As]c3ccc4[nH]ncc4c3)o2)cc1. The molecule has 0 fully saturated rings. The van der Waals surface area contributed by atoms with Crippen LogP contribution < -0.4 is 13.8 Å². The first-order chi connectivity index (χ1) is 12.5. The van der Waals surface area contributed by atoms with Crippen LogP contribution in [0.1, 0.15) is 0 Å². The predicted molar refractivity (Wildman–Crippen MR) is 89.7 cm³/mol. The fourth-order valence-corrected chi connectivity index (χ4v) is 4.13. The molecule has 2 aromatic heterocycles. The van der Waals surface area contributed by atoms with Gasteiger partial charge in [-0.05, 0) is 0 Å². The second kappa shape index (κ2) is 6.53. The molecule has 5 nitrogen and oxygen atoms in total. The van der Waals surface area contributed by atoms with Crippen molar-refractivity contribution in [2.24, 2.45) is 0 Å². The molecule has 1 radical (unpaired) electrons. The first-order valence-electron chi connectivity index (χ1n) is 7.43. The molecular formula is C17H10AsF3N3O2. The van der Waals surface area contributed by atoms with Crippen molar-refractivity contribution < 1.29 is 22.3 Å². The third-order valence-corrected chi connectivity index (χ3v) is 5.47. The summed E-state index contributed by atoms with van der Waals surface area (Å²) in [7, 11) is 0. The summed E-state index contributed by atoms with van der Waals surface area (Å²) < 4.78 is 47.9. The molecule has 0 atom stereocenters. The summed E-state index contributed by atoms with van der Waals surface area (Å²) in [5, 5.41) is 7.90. The van der Waals surface area contributed by atoms with Gasteiger partial charge in [0.1, 0.15) is 0 Å².